The Hall–Kier alpha value is -2.53. The normalized spacial score (nSPS) is 11.7. The second-order valence-electron chi connectivity index (χ2n) is 4.35. The van der Waals surface area contributed by atoms with E-state index in [2.05, 4.69) is 10.2 Å². The largest absolute Gasteiger partial charge is 0.480 e. The van der Waals surface area contributed by atoms with Crippen molar-refractivity contribution in [2.24, 2.45) is 5.73 Å². The Bertz CT molecular complexity index is 580. The molecule has 3 N–H and O–H groups in total. The van der Waals surface area contributed by atoms with E-state index in [0.717, 1.165) is 16.6 Å². The molecule has 2 bridgehead atoms. The molecule has 2 heterocycles. The molecule has 4 rings (SSSR count). The minimum atomic E-state index is -0.959. The number of aromatic nitrogens is 2. The van der Waals surface area contributed by atoms with Crippen molar-refractivity contribution in [2.45, 2.75) is 12.5 Å². The lowest BCUT2D eigenvalue weighted by atomic mass is 10.1. The number of nitrogens with zero attached hydrogens (tertiary/aromatic N) is 2. The number of carboxylic acid groups (broad SMARTS) is 1. The molecule has 0 saturated carbocycles. The highest BCUT2D eigenvalue weighted by Gasteiger charge is 2.10. The summed E-state index contributed by atoms with van der Waals surface area (Å²) in [6.07, 6.45) is 0.385. The van der Waals surface area contributed by atoms with Crippen LogP contribution >= 0.6 is 0 Å². The van der Waals surface area contributed by atoms with Crippen molar-refractivity contribution < 1.29 is 9.90 Å². The maximum absolute atomic E-state index is 10.4. The first-order valence-electron chi connectivity index (χ1n) is 6.19. The summed E-state index contributed by atoms with van der Waals surface area (Å²) < 4.78 is 0. The molecule has 0 aliphatic rings. The van der Waals surface area contributed by atoms with Gasteiger partial charge in [0.1, 0.15) is 6.04 Å². The predicted octanol–water partition coefficient (Wildman–Crippen LogP) is 1.71. The van der Waals surface area contributed by atoms with Gasteiger partial charge in [0.2, 0.25) is 0 Å². The van der Waals surface area contributed by atoms with Gasteiger partial charge >= 0.3 is 5.97 Å². The van der Waals surface area contributed by atoms with Gasteiger partial charge in [-0.3, -0.25) is 4.79 Å². The average Bonchev–Trinajstić information content (AvgIpc) is 2.51. The maximum Gasteiger partial charge on any atom is 0.320 e. The summed E-state index contributed by atoms with van der Waals surface area (Å²) in [5.74, 6) is -0.959. The number of benzene rings is 2. The van der Waals surface area contributed by atoms with Crippen LogP contribution in [0.4, 0.5) is 0 Å². The molecule has 0 amide bonds. The quantitative estimate of drug-likeness (QED) is 0.755. The van der Waals surface area contributed by atoms with Gasteiger partial charge < -0.3 is 10.8 Å². The highest BCUT2D eigenvalue weighted by molar-refractivity contribution is 5.73. The molecule has 0 spiro atoms. The fourth-order valence-corrected chi connectivity index (χ4v) is 1.66. The third-order valence-electron chi connectivity index (χ3n) is 2.75. The van der Waals surface area contributed by atoms with E-state index in [1.807, 2.05) is 54.6 Å². The Kier molecular flexibility index (Phi) is 4.57. The molecule has 0 saturated heterocycles. The lowest BCUT2D eigenvalue weighted by Crippen LogP contribution is -2.32. The molecule has 5 heteroatoms. The Balaban J connectivity index is 0.000000157. The number of aliphatic carboxylic acids is 1. The third-order valence-corrected chi connectivity index (χ3v) is 2.75. The van der Waals surface area contributed by atoms with Crippen LogP contribution in [0.1, 0.15) is 5.56 Å². The molecule has 4 aromatic rings. The zero-order valence-electron chi connectivity index (χ0n) is 10.8. The first kappa shape index (κ1) is 13.9. The molecule has 0 radical (unpaired) electrons. The molecule has 20 heavy (non-hydrogen) atoms. The molecular formula is C15H15N3O2. The number of hydrogen-bond donors (Lipinski definition) is 2. The highest BCUT2D eigenvalue weighted by Crippen LogP contribution is 2.02. The summed E-state index contributed by atoms with van der Waals surface area (Å²) in [5, 5.41) is 16.2. The van der Waals surface area contributed by atoms with E-state index < -0.39 is 12.0 Å². The summed E-state index contributed by atoms with van der Waals surface area (Å²) in [6, 6.07) is 16.3. The molecule has 0 unspecified atom stereocenters. The van der Waals surface area contributed by atoms with Crippen LogP contribution in [0.15, 0.2) is 54.6 Å². The Morgan fingerprint density at radius 1 is 1.00 bits per heavy atom. The van der Waals surface area contributed by atoms with Gasteiger partial charge in [-0.2, -0.15) is 10.2 Å². The van der Waals surface area contributed by atoms with Gasteiger partial charge in [0.05, 0.1) is 11.0 Å². The van der Waals surface area contributed by atoms with Crippen LogP contribution in [0.5, 0.6) is 0 Å². The van der Waals surface area contributed by atoms with E-state index in [-0.39, 0.29) is 0 Å². The van der Waals surface area contributed by atoms with Crippen molar-refractivity contribution in [2.75, 3.05) is 0 Å². The zero-order chi connectivity index (χ0) is 14.4. The second kappa shape index (κ2) is 6.58. The van der Waals surface area contributed by atoms with Crippen molar-refractivity contribution in [1.29, 1.82) is 0 Å². The number of hydrogen-bond acceptors (Lipinski definition) is 4. The number of carbonyl (C=O) groups is 1. The minimum Gasteiger partial charge on any atom is -0.480 e. The van der Waals surface area contributed by atoms with Crippen LogP contribution in [0.2, 0.25) is 0 Å². The van der Waals surface area contributed by atoms with E-state index >= 15 is 0 Å². The number of carboxylic acids is 1. The molecule has 0 aliphatic carbocycles. The van der Waals surface area contributed by atoms with Crippen LogP contribution in [0.3, 0.4) is 0 Å². The minimum absolute atomic E-state index is 0.385. The van der Waals surface area contributed by atoms with E-state index in [0.29, 0.717) is 6.42 Å². The number of nitrogens with two attached hydrogens (primary N) is 1. The molecule has 102 valence electrons. The molecule has 0 fully saturated rings. The van der Waals surface area contributed by atoms with Crippen molar-refractivity contribution in [3.63, 3.8) is 0 Å². The van der Waals surface area contributed by atoms with Crippen LogP contribution in [0, 0.1) is 0 Å². The van der Waals surface area contributed by atoms with E-state index in [4.69, 9.17) is 10.8 Å². The lowest BCUT2D eigenvalue weighted by Gasteiger charge is -2.04. The first-order chi connectivity index (χ1) is 9.65. The Morgan fingerprint density at radius 3 is 1.85 bits per heavy atom. The monoisotopic (exact) mass is 269 g/mol. The summed E-state index contributed by atoms with van der Waals surface area (Å²) in [6.45, 7) is 0. The first-order valence-corrected chi connectivity index (χ1v) is 6.19. The van der Waals surface area contributed by atoms with Crippen molar-refractivity contribution in [3.05, 3.63) is 60.2 Å². The van der Waals surface area contributed by atoms with Crippen LogP contribution < -0.4 is 5.73 Å². The highest BCUT2D eigenvalue weighted by atomic mass is 16.4. The summed E-state index contributed by atoms with van der Waals surface area (Å²) in [7, 11) is 0. The number of rotatable bonds is 3. The fourth-order valence-electron chi connectivity index (χ4n) is 1.66. The smallest absolute Gasteiger partial charge is 0.320 e. The Morgan fingerprint density at radius 2 is 1.50 bits per heavy atom. The summed E-state index contributed by atoms with van der Waals surface area (Å²) in [4.78, 5) is 10.4. The van der Waals surface area contributed by atoms with Crippen molar-refractivity contribution >= 4 is 17.0 Å². The van der Waals surface area contributed by atoms with Gasteiger partial charge in [-0.15, -0.1) is 0 Å². The van der Waals surface area contributed by atoms with E-state index in [9.17, 15) is 4.79 Å². The summed E-state index contributed by atoms with van der Waals surface area (Å²) in [5.41, 5.74) is 8.19. The molecular weight excluding hydrogens is 254 g/mol. The van der Waals surface area contributed by atoms with Gasteiger partial charge in [-0.1, -0.05) is 30.3 Å². The Labute approximate surface area is 116 Å². The maximum atomic E-state index is 10.4. The van der Waals surface area contributed by atoms with Crippen molar-refractivity contribution in [1.82, 2.24) is 10.2 Å². The van der Waals surface area contributed by atoms with Crippen molar-refractivity contribution in [3.8, 4) is 0 Å². The predicted molar refractivity (Wildman–Crippen MR) is 76.5 cm³/mol. The van der Waals surface area contributed by atoms with Gasteiger partial charge in [0, 0.05) is 0 Å². The fraction of sp³-hybridized carbons (Fsp3) is 0.133. The molecule has 2 aromatic carbocycles. The standard InChI is InChI=1S/C9H11NO2.C6H4N2/c10-8(9(11)12)6-7-4-2-1-3-5-7;1-2-6-4-3-5(1)7-8-6/h1-5,8H,6,10H2,(H,11,12);1-4H/t8-;/m0./s1. The third kappa shape index (κ3) is 4.00. The zero-order valence-corrected chi connectivity index (χ0v) is 10.8. The van der Waals surface area contributed by atoms with Crippen LogP contribution in [-0.2, 0) is 11.2 Å². The van der Waals surface area contributed by atoms with Crippen LogP contribution in [-0.4, -0.2) is 27.3 Å². The van der Waals surface area contributed by atoms with Crippen LogP contribution in [0.25, 0.3) is 11.0 Å². The molecule has 0 aliphatic heterocycles. The van der Waals surface area contributed by atoms with Gasteiger partial charge in [0.25, 0.3) is 0 Å². The van der Waals surface area contributed by atoms with Gasteiger partial charge in [0.15, 0.2) is 0 Å². The van der Waals surface area contributed by atoms with E-state index in [1.165, 1.54) is 0 Å². The molecule has 1 atom stereocenters. The van der Waals surface area contributed by atoms with Gasteiger partial charge in [-0.05, 0) is 36.2 Å². The molecule has 2 aromatic heterocycles. The average molecular weight is 269 g/mol. The number of fused-ring (bicyclic) bond motifs is 3. The second-order valence-corrected chi connectivity index (χ2v) is 4.35. The molecule has 5 nitrogen and oxygen atoms in total. The lowest BCUT2D eigenvalue weighted by molar-refractivity contribution is -0.138. The summed E-state index contributed by atoms with van der Waals surface area (Å²) >= 11 is 0. The topological polar surface area (TPSA) is 89.1 Å². The van der Waals surface area contributed by atoms with Gasteiger partial charge in [-0.25, -0.2) is 0 Å². The van der Waals surface area contributed by atoms with E-state index in [1.54, 1.807) is 0 Å². The SMILES string of the molecule is N[C@@H](Cc1ccccc1)C(=O)O.c1cc2ccc1nn2.